The lowest BCUT2D eigenvalue weighted by molar-refractivity contribution is -0.135. The Morgan fingerprint density at radius 1 is 1.11 bits per heavy atom. The van der Waals surface area contributed by atoms with Crippen LogP contribution in [0.4, 0.5) is 0 Å². The summed E-state index contributed by atoms with van der Waals surface area (Å²) in [5, 5.41) is 2.07. The van der Waals surface area contributed by atoms with Crippen molar-refractivity contribution >= 4 is 23.2 Å². The zero-order valence-corrected chi connectivity index (χ0v) is 22.2. The molecule has 0 unspecified atom stereocenters. The van der Waals surface area contributed by atoms with Crippen molar-refractivity contribution in [3.8, 4) is 11.5 Å². The van der Waals surface area contributed by atoms with Gasteiger partial charge in [0.1, 0.15) is 24.7 Å². The van der Waals surface area contributed by atoms with Crippen molar-refractivity contribution in [3.63, 3.8) is 0 Å². The number of hydrogen-bond acceptors (Lipinski definition) is 5. The van der Waals surface area contributed by atoms with Crippen LogP contribution in [0.1, 0.15) is 46.3 Å². The van der Waals surface area contributed by atoms with Gasteiger partial charge >= 0.3 is 0 Å². The lowest BCUT2D eigenvalue weighted by atomic mass is 10.00. The van der Waals surface area contributed by atoms with Gasteiger partial charge in [0.05, 0.1) is 13.2 Å². The van der Waals surface area contributed by atoms with Gasteiger partial charge in [0, 0.05) is 29.6 Å². The molecule has 0 saturated carbocycles. The molecule has 1 atom stereocenters. The zero-order chi connectivity index (χ0) is 25.7. The third-order valence-corrected chi connectivity index (χ3v) is 7.36. The summed E-state index contributed by atoms with van der Waals surface area (Å²) in [7, 11) is 1.62. The van der Waals surface area contributed by atoms with Crippen molar-refractivity contribution < 1.29 is 19.1 Å². The number of fused-ring (bicyclic) bond motifs is 1. The lowest BCUT2D eigenvalue weighted by Crippen LogP contribution is -2.48. The van der Waals surface area contributed by atoms with E-state index in [9.17, 15) is 9.59 Å². The summed E-state index contributed by atoms with van der Waals surface area (Å²) >= 11 is 1.72. The summed E-state index contributed by atoms with van der Waals surface area (Å²) < 4.78 is 11.5. The third-order valence-electron chi connectivity index (χ3n) is 6.36. The summed E-state index contributed by atoms with van der Waals surface area (Å²) in [6.45, 7) is 7.60. The highest BCUT2D eigenvalue weighted by Gasteiger charge is 2.33. The molecule has 0 N–H and O–H groups in total. The smallest absolute Gasteiger partial charge is 0.254 e. The van der Waals surface area contributed by atoms with Crippen LogP contribution in [-0.2, 0) is 11.2 Å². The monoisotopic (exact) mass is 506 g/mol. The first-order chi connectivity index (χ1) is 17.4. The number of thiophene rings is 1. The molecule has 2 amide bonds. The van der Waals surface area contributed by atoms with Crippen molar-refractivity contribution in [2.75, 3.05) is 33.4 Å². The van der Waals surface area contributed by atoms with E-state index >= 15 is 0 Å². The first-order valence-corrected chi connectivity index (χ1v) is 13.2. The Hall–Kier alpha value is -3.32. The fourth-order valence-electron chi connectivity index (χ4n) is 4.53. The van der Waals surface area contributed by atoms with Gasteiger partial charge in [-0.2, -0.15) is 0 Å². The second-order valence-corrected chi connectivity index (χ2v) is 10.6. The van der Waals surface area contributed by atoms with Crippen LogP contribution >= 0.6 is 11.3 Å². The Labute approximate surface area is 217 Å². The SMILES string of the molecule is COc1cccc(OC[C@@H]2c3ccsc3CCN2C(=O)CN(CC(C)C)C(=O)c2ccc(C)cc2)c1. The number of amides is 2. The number of rotatable bonds is 9. The molecule has 2 aromatic carbocycles. The molecule has 0 bridgehead atoms. The van der Waals surface area contributed by atoms with Crippen molar-refractivity contribution in [1.29, 1.82) is 0 Å². The number of benzene rings is 2. The summed E-state index contributed by atoms with van der Waals surface area (Å²) in [6.07, 6.45) is 0.810. The minimum atomic E-state index is -0.214. The summed E-state index contributed by atoms with van der Waals surface area (Å²) in [5.74, 6) is 1.48. The van der Waals surface area contributed by atoms with Gasteiger partial charge in [0.15, 0.2) is 0 Å². The lowest BCUT2D eigenvalue weighted by Gasteiger charge is -2.37. The fraction of sp³-hybridized carbons (Fsp3) is 0.379. The average molecular weight is 507 g/mol. The maximum Gasteiger partial charge on any atom is 0.254 e. The second kappa shape index (κ2) is 11.6. The molecule has 4 rings (SSSR count). The number of hydrogen-bond donors (Lipinski definition) is 0. The molecule has 190 valence electrons. The van der Waals surface area contributed by atoms with E-state index in [0.29, 0.717) is 31.0 Å². The van der Waals surface area contributed by atoms with E-state index in [1.54, 1.807) is 23.3 Å². The molecule has 6 nitrogen and oxygen atoms in total. The normalized spacial score (nSPS) is 14.9. The molecule has 0 spiro atoms. The van der Waals surface area contributed by atoms with Gasteiger partial charge in [-0.15, -0.1) is 11.3 Å². The summed E-state index contributed by atoms with van der Waals surface area (Å²) in [6, 6.07) is 16.9. The Morgan fingerprint density at radius 3 is 2.58 bits per heavy atom. The third kappa shape index (κ3) is 6.08. The molecule has 1 aliphatic rings. The molecule has 1 aromatic heterocycles. The van der Waals surface area contributed by atoms with Crippen LogP contribution in [-0.4, -0.2) is 55.0 Å². The molecular weight excluding hydrogens is 472 g/mol. The van der Waals surface area contributed by atoms with Crippen LogP contribution < -0.4 is 9.47 Å². The van der Waals surface area contributed by atoms with Gasteiger partial charge in [-0.3, -0.25) is 9.59 Å². The average Bonchev–Trinajstić information content (AvgIpc) is 3.36. The highest BCUT2D eigenvalue weighted by Crippen LogP contribution is 2.34. The van der Waals surface area contributed by atoms with Crippen LogP contribution in [0.2, 0.25) is 0 Å². The van der Waals surface area contributed by atoms with Gasteiger partial charge < -0.3 is 19.3 Å². The molecule has 1 aliphatic heterocycles. The van der Waals surface area contributed by atoms with Crippen molar-refractivity contribution in [2.24, 2.45) is 5.92 Å². The molecule has 36 heavy (non-hydrogen) atoms. The van der Waals surface area contributed by atoms with Gasteiger partial charge in [0.2, 0.25) is 5.91 Å². The first-order valence-electron chi connectivity index (χ1n) is 12.3. The Morgan fingerprint density at radius 2 is 1.86 bits per heavy atom. The van der Waals surface area contributed by atoms with Gasteiger partial charge in [-0.05, 0) is 60.5 Å². The number of ether oxygens (including phenoxy) is 2. The molecule has 3 aromatic rings. The van der Waals surface area contributed by atoms with Crippen molar-refractivity contribution in [1.82, 2.24) is 9.80 Å². The van der Waals surface area contributed by atoms with E-state index in [1.807, 2.05) is 60.4 Å². The molecule has 2 heterocycles. The fourth-order valence-corrected chi connectivity index (χ4v) is 5.46. The van der Waals surface area contributed by atoms with Crippen LogP contribution in [0.3, 0.4) is 0 Å². The van der Waals surface area contributed by atoms with E-state index in [0.717, 1.165) is 23.3 Å². The number of aryl methyl sites for hydroxylation is 1. The van der Waals surface area contributed by atoms with E-state index in [2.05, 4.69) is 25.3 Å². The van der Waals surface area contributed by atoms with Gasteiger partial charge in [-0.25, -0.2) is 0 Å². The number of carbonyl (C=O) groups is 2. The van der Waals surface area contributed by atoms with Crippen molar-refractivity contribution in [3.05, 3.63) is 81.5 Å². The topological polar surface area (TPSA) is 59.1 Å². The molecule has 7 heteroatoms. The maximum absolute atomic E-state index is 13.7. The Kier molecular flexibility index (Phi) is 8.31. The van der Waals surface area contributed by atoms with E-state index in [4.69, 9.17) is 9.47 Å². The van der Waals surface area contributed by atoms with Gasteiger partial charge in [-0.1, -0.05) is 37.6 Å². The summed E-state index contributed by atoms with van der Waals surface area (Å²) in [4.78, 5) is 31.9. The first kappa shape index (κ1) is 25.8. The standard InChI is InChI=1S/C29H34N2O4S/c1-20(2)17-30(29(33)22-10-8-21(3)9-11-22)18-28(32)31-14-12-27-25(13-15-36-27)26(31)19-35-24-7-5-6-23(16-24)34-4/h5-11,13,15-16,20,26H,12,14,17-19H2,1-4H3/t26-/m1/s1. The van der Waals surface area contributed by atoms with Gasteiger partial charge in [0.25, 0.3) is 5.91 Å². The number of methoxy groups -OCH3 is 1. The van der Waals surface area contributed by atoms with Crippen LogP contribution in [0, 0.1) is 12.8 Å². The van der Waals surface area contributed by atoms with E-state index in [-0.39, 0.29) is 30.3 Å². The zero-order valence-electron chi connectivity index (χ0n) is 21.4. The van der Waals surface area contributed by atoms with Crippen molar-refractivity contribution in [2.45, 2.75) is 33.2 Å². The molecule has 0 aliphatic carbocycles. The Balaban J connectivity index is 1.53. The highest BCUT2D eigenvalue weighted by atomic mass is 32.1. The number of carbonyl (C=O) groups excluding carboxylic acids is 2. The predicted molar refractivity (Wildman–Crippen MR) is 143 cm³/mol. The van der Waals surface area contributed by atoms with E-state index in [1.165, 1.54) is 4.88 Å². The van der Waals surface area contributed by atoms with E-state index < -0.39 is 0 Å². The number of nitrogens with zero attached hydrogens (tertiary/aromatic N) is 2. The molecular formula is C29H34N2O4S. The Bertz CT molecular complexity index is 1190. The molecule has 0 radical (unpaired) electrons. The molecule has 0 fully saturated rings. The largest absolute Gasteiger partial charge is 0.497 e. The van der Waals surface area contributed by atoms with Crippen LogP contribution in [0.15, 0.2) is 60.0 Å². The highest BCUT2D eigenvalue weighted by molar-refractivity contribution is 7.10. The summed E-state index contributed by atoms with van der Waals surface area (Å²) in [5.41, 5.74) is 2.82. The van der Waals surface area contributed by atoms with Crippen LogP contribution in [0.5, 0.6) is 11.5 Å². The minimum absolute atomic E-state index is 0.0417. The minimum Gasteiger partial charge on any atom is -0.497 e. The van der Waals surface area contributed by atoms with Crippen LogP contribution in [0.25, 0.3) is 0 Å². The second-order valence-electron chi connectivity index (χ2n) is 9.59. The maximum atomic E-state index is 13.7. The predicted octanol–water partition coefficient (Wildman–Crippen LogP) is 5.37. The molecule has 0 saturated heterocycles. The quantitative estimate of drug-likeness (QED) is 0.392.